The lowest BCUT2D eigenvalue weighted by atomic mass is 10.1. The Bertz CT molecular complexity index is 1200. The van der Waals surface area contributed by atoms with Crippen LogP contribution in [0.4, 0.5) is 4.39 Å². The van der Waals surface area contributed by atoms with E-state index in [2.05, 4.69) is 4.74 Å². The molecule has 1 heterocycles. The lowest BCUT2D eigenvalue weighted by Gasteiger charge is -2.11. The van der Waals surface area contributed by atoms with Crippen molar-refractivity contribution in [1.82, 2.24) is 0 Å². The van der Waals surface area contributed by atoms with E-state index in [-0.39, 0.29) is 24.0 Å². The number of hydrogen-bond donors (Lipinski definition) is 0. The molecule has 1 aliphatic rings. The van der Waals surface area contributed by atoms with Gasteiger partial charge in [-0.15, -0.1) is 0 Å². The lowest BCUT2D eigenvalue weighted by Crippen LogP contribution is -2.01. The molecule has 156 valence electrons. The van der Waals surface area contributed by atoms with Crippen LogP contribution in [0.1, 0.15) is 37.4 Å². The number of carbonyl (C=O) groups is 2. The van der Waals surface area contributed by atoms with Crippen LogP contribution in [0.5, 0.6) is 11.5 Å². The van der Waals surface area contributed by atoms with Gasteiger partial charge in [0.05, 0.1) is 18.2 Å². The molecule has 0 aliphatic carbocycles. The third kappa shape index (κ3) is 4.19. The SMILES string of the molecule is COC(=O)c1ccc(/C=C2\Oc3c(ccc(OCc4cccc(F)c4)c3C)C2=O)cc1. The van der Waals surface area contributed by atoms with Gasteiger partial charge in [0, 0.05) is 5.56 Å². The van der Waals surface area contributed by atoms with Crippen molar-refractivity contribution in [3.05, 3.63) is 100 Å². The highest BCUT2D eigenvalue weighted by Crippen LogP contribution is 2.39. The first kappa shape index (κ1) is 20.3. The van der Waals surface area contributed by atoms with Crippen molar-refractivity contribution in [2.45, 2.75) is 13.5 Å². The van der Waals surface area contributed by atoms with Gasteiger partial charge in [0.15, 0.2) is 5.76 Å². The molecule has 6 heteroatoms. The van der Waals surface area contributed by atoms with Gasteiger partial charge in [-0.25, -0.2) is 9.18 Å². The second-order valence-electron chi connectivity index (χ2n) is 7.04. The van der Waals surface area contributed by atoms with Crippen molar-refractivity contribution >= 4 is 17.8 Å². The van der Waals surface area contributed by atoms with Gasteiger partial charge in [-0.1, -0.05) is 24.3 Å². The smallest absolute Gasteiger partial charge is 0.337 e. The molecular weight excluding hydrogens is 399 g/mol. The van der Waals surface area contributed by atoms with Crippen LogP contribution in [0.2, 0.25) is 0 Å². The quantitative estimate of drug-likeness (QED) is 0.425. The average molecular weight is 418 g/mol. The van der Waals surface area contributed by atoms with Crippen LogP contribution in [-0.4, -0.2) is 18.9 Å². The molecule has 0 N–H and O–H groups in total. The first-order valence-electron chi connectivity index (χ1n) is 9.59. The lowest BCUT2D eigenvalue weighted by molar-refractivity contribution is 0.0600. The maximum absolute atomic E-state index is 13.4. The molecule has 5 nitrogen and oxygen atoms in total. The molecule has 0 bridgehead atoms. The van der Waals surface area contributed by atoms with Crippen LogP contribution < -0.4 is 9.47 Å². The first-order valence-corrected chi connectivity index (χ1v) is 9.59. The van der Waals surface area contributed by atoms with Gasteiger partial charge in [-0.2, -0.15) is 0 Å². The van der Waals surface area contributed by atoms with Crippen molar-refractivity contribution < 1.29 is 28.2 Å². The zero-order valence-electron chi connectivity index (χ0n) is 17.0. The predicted octanol–water partition coefficient (Wildman–Crippen LogP) is 5.12. The minimum Gasteiger partial charge on any atom is -0.488 e. The molecule has 3 aromatic carbocycles. The number of Topliss-reactive ketones (excluding diaryl/α,β-unsaturated/α-hetero) is 1. The number of halogens is 1. The number of esters is 1. The number of benzene rings is 3. The van der Waals surface area contributed by atoms with E-state index in [0.29, 0.717) is 39.3 Å². The maximum Gasteiger partial charge on any atom is 0.337 e. The molecule has 0 atom stereocenters. The largest absolute Gasteiger partial charge is 0.488 e. The standard InChI is InChI=1S/C25H19FO5/c1-15-21(30-14-17-4-3-5-19(26)12-17)11-10-20-23(27)22(31-24(15)20)13-16-6-8-18(9-7-16)25(28)29-2/h3-13H,14H2,1-2H3/b22-13-. The minimum absolute atomic E-state index is 0.186. The van der Waals surface area contributed by atoms with Crippen LogP contribution in [0.15, 0.2) is 66.4 Å². The van der Waals surface area contributed by atoms with Gasteiger partial charge in [0.1, 0.15) is 23.9 Å². The highest BCUT2D eigenvalue weighted by molar-refractivity contribution is 6.15. The summed E-state index contributed by atoms with van der Waals surface area (Å²) in [5.74, 6) is 0.202. The molecule has 0 unspecified atom stereocenters. The maximum atomic E-state index is 13.4. The molecule has 0 radical (unpaired) electrons. The number of ether oxygens (including phenoxy) is 3. The van der Waals surface area contributed by atoms with E-state index in [1.807, 2.05) is 0 Å². The third-order valence-electron chi connectivity index (χ3n) is 4.95. The van der Waals surface area contributed by atoms with E-state index in [9.17, 15) is 14.0 Å². The third-order valence-corrected chi connectivity index (χ3v) is 4.95. The van der Waals surface area contributed by atoms with Crippen LogP contribution in [0, 0.1) is 12.7 Å². The summed E-state index contributed by atoms with van der Waals surface area (Å²) in [4.78, 5) is 24.3. The van der Waals surface area contributed by atoms with Gasteiger partial charge in [0.2, 0.25) is 5.78 Å². The summed E-state index contributed by atoms with van der Waals surface area (Å²) in [6.45, 7) is 2.00. The van der Waals surface area contributed by atoms with E-state index in [1.54, 1.807) is 61.5 Å². The number of ketones is 1. The van der Waals surface area contributed by atoms with Crippen molar-refractivity contribution in [3.8, 4) is 11.5 Å². The van der Waals surface area contributed by atoms with E-state index in [1.165, 1.54) is 19.2 Å². The van der Waals surface area contributed by atoms with Crippen LogP contribution in [0.3, 0.4) is 0 Å². The van der Waals surface area contributed by atoms with Gasteiger partial charge in [-0.05, 0) is 60.5 Å². The zero-order valence-corrected chi connectivity index (χ0v) is 17.0. The van der Waals surface area contributed by atoms with Crippen molar-refractivity contribution in [2.75, 3.05) is 7.11 Å². The Kier molecular flexibility index (Phi) is 5.54. The van der Waals surface area contributed by atoms with Crippen molar-refractivity contribution in [3.63, 3.8) is 0 Å². The highest BCUT2D eigenvalue weighted by atomic mass is 19.1. The molecule has 0 spiro atoms. The van der Waals surface area contributed by atoms with Crippen LogP contribution >= 0.6 is 0 Å². The molecule has 0 saturated heterocycles. The summed E-state index contributed by atoms with van der Waals surface area (Å²) in [6.07, 6.45) is 1.62. The molecular formula is C25H19FO5. The summed E-state index contributed by atoms with van der Waals surface area (Å²) >= 11 is 0. The number of carbonyl (C=O) groups excluding carboxylic acids is 2. The molecule has 4 rings (SSSR count). The van der Waals surface area contributed by atoms with Crippen LogP contribution in [0.25, 0.3) is 6.08 Å². The Morgan fingerprint density at radius 2 is 1.87 bits per heavy atom. The fraction of sp³-hybridized carbons (Fsp3) is 0.120. The van der Waals surface area contributed by atoms with Gasteiger partial charge >= 0.3 is 5.97 Å². The van der Waals surface area contributed by atoms with E-state index in [0.717, 1.165) is 0 Å². The molecule has 3 aromatic rings. The van der Waals surface area contributed by atoms with Crippen LogP contribution in [-0.2, 0) is 11.3 Å². The van der Waals surface area contributed by atoms with Gasteiger partial charge < -0.3 is 14.2 Å². The normalized spacial score (nSPS) is 13.6. The second-order valence-corrected chi connectivity index (χ2v) is 7.04. The Labute approximate surface area is 178 Å². The Morgan fingerprint density at radius 3 is 2.58 bits per heavy atom. The Balaban J connectivity index is 1.54. The highest BCUT2D eigenvalue weighted by Gasteiger charge is 2.30. The van der Waals surface area contributed by atoms with Gasteiger partial charge in [-0.3, -0.25) is 4.79 Å². The zero-order chi connectivity index (χ0) is 22.0. The fourth-order valence-corrected chi connectivity index (χ4v) is 3.30. The second kappa shape index (κ2) is 8.44. The van der Waals surface area contributed by atoms with Crippen molar-refractivity contribution in [1.29, 1.82) is 0 Å². The van der Waals surface area contributed by atoms with E-state index in [4.69, 9.17) is 9.47 Å². The summed E-state index contributed by atoms with van der Waals surface area (Å²) in [5.41, 5.74) is 2.97. The predicted molar refractivity (Wildman–Crippen MR) is 113 cm³/mol. The number of allylic oxidation sites excluding steroid dienone is 1. The molecule has 0 amide bonds. The summed E-state index contributed by atoms with van der Waals surface area (Å²) in [5, 5.41) is 0. The molecule has 0 fully saturated rings. The topological polar surface area (TPSA) is 61.8 Å². The van der Waals surface area contributed by atoms with E-state index >= 15 is 0 Å². The van der Waals surface area contributed by atoms with Crippen molar-refractivity contribution in [2.24, 2.45) is 0 Å². The number of rotatable bonds is 5. The van der Waals surface area contributed by atoms with E-state index < -0.39 is 5.97 Å². The Hall–Kier alpha value is -3.93. The molecule has 0 saturated carbocycles. The minimum atomic E-state index is -0.429. The van der Waals surface area contributed by atoms with Gasteiger partial charge in [0.25, 0.3) is 0 Å². The number of hydrogen-bond acceptors (Lipinski definition) is 5. The molecule has 0 aromatic heterocycles. The monoisotopic (exact) mass is 418 g/mol. The Morgan fingerprint density at radius 1 is 1.10 bits per heavy atom. The fourth-order valence-electron chi connectivity index (χ4n) is 3.30. The summed E-state index contributed by atoms with van der Waals surface area (Å²) in [6, 6.07) is 16.2. The summed E-state index contributed by atoms with van der Waals surface area (Å²) in [7, 11) is 1.32. The summed E-state index contributed by atoms with van der Waals surface area (Å²) < 4.78 is 29.7. The first-order chi connectivity index (χ1) is 15.0. The average Bonchev–Trinajstić information content (AvgIpc) is 3.09. The number of methoxy groups -OCH3 is 1. The number of fused-ring (bicyclic) bond motifs is 1. The molecule has 31 heavy (non-hydrogen) atoms. The molecule has 1 aliphatic heterocycles.